The lowest BCUT2D eigenvalue weighted by molar-refractivity contribution is 1.29. The Labute approximate surface area is 115 Å². The van der Waals surface area contributed by atoms with Crippen LogP contribution in [0.4, 0.5) is 0 Å². The summed E-state index contributed by atoms with van der Waals surface area (Å²) in [6.45, 7) is 0. The van der Waals surface area contributed by atoms with Gasteiger partial charge in [0.15, 0.2) is 0 Å². The summed E-state index contributed by atoms with van der Waals surface area (Å²) in [6, 6.07) is 17.4. The third-order valence-corrected chi connectivity index (χ3v) is 3.46. The molecule has 0 saturated heterocycles. The third-order valence-electron chi connectivity index (χ3n) is 3.15. The Morgan fingerprint density at radius 3 is 2.53 bits per heavy atom. The number of alkyl halides is 1. The number of halogens is 1. The fourth-order valence-corrected chi connectivity index (χ4v) is 2.33. The number of fused-ring (bicyclic) bond motifs is 1. The van der Waals surface area contributed by atoms with Gasteiger partial charge < -0.3 is 4.98 Å². The van der Waals surface area contributed by atoms with Crippen LogP contribution in [-0.2, 0) is 5.88 Å². The summed E-state index contributed by atoms with van der Waals surface area (Å²) < 4.78 is 0. The van der Waals surface area contributed by atoms with Crippen LogP contribution in [0.15, 0.2) is 59.4 Å². The Bertz CT molecular complexity index is 778. The van der Waals surface area contributed by atoms with E-state index in [1.165, 1.54) is 0 Å². The zero-order valence-electron chi connectivity index (χ0n) is 10.2. The summed E-state index contributed by atoms with van der Waals surface area (Å²) in [5, 5.41) is 1.01. The van der Waals surface area contributed by atoms with Crippen molar-refractivity contribution in [3.8, 4) is 11.1 Å². The molecule has 0 unspecified atom stereocenters. The molecule has 3 heteroatoms. The van der Waals surface area contributed by atoms with Crippen molar-refractivity contribution in [3.63, 3.8) is 0 Å². The molecule has 94 valence electrons. The van der Waals surface area contributed by atoms with Gasteiger partial charge in [-0.25, -0.2) is 0 Å². The number of benzene rings is 2. The molecule has 0 fully saturated rings. The molecule has 1 aromatic heterocycles. The molecule has 0 spiro atoms. The molecule has 0 atom stereocenters. The van der Waals surface area contributed by atoms with Crippen molar-refractivity contribution in [3.05, 3.63) is 70.5 Å². The highest BCUT2D eigenvalue weighted by Gasteiger charge is 2.05. The van der Waals surface area contributed by atoms with Gasteiger partial charge in [-0.3, -0.25) is 4.79 Å². The van der Waals surface area contributed by atoms with Crippen molar-refractivity contribution in [1.29, 1.82) is 0 Å². The van der Waals surface area contributed by atoms with E-state index in [1.54, 1.807) is 0 Å². The molecule has 1 heterocycles. The van der Waals surface area contributed by atoms with E-state index in [-0.39, 0.29) is 5.56 Å². The third kappa shape index (κ3) is 2.27. The van der Waals surface area contributed by atoms with Gasteiger partial charge in [0.2, 0.25) is 0 Å². The standard InChI is InChI=1S/C16H12ClNO/c17-10-11-6-7-13-9-14(12-4-2-1-3-5-12)16(19)18-15(13)8-11/h1-9H,10H2,(H,18,19). The summed E-state index contributed by atoms with van der Waals surface area (Å²) in [4.78, 5) is 15.1. The molecule has 3 rings (SSSR count). The van der Waals surface area contributed by atoms with Crippen LogP contribution in [-0.4, -0.2) is 4.98 Å². The van der Waals surface area contributed by atoms with Crippen LogP contribution >= 0.6 is 11.6 Å². The van der Waals surface area contributed by atoms with Gasteiger partial charge in [-0.05, 0) is 28.6 Å². The monoisotopic (exact) mass is 269 g/mol. The molecule has 2 aromatic carbocycles. The number of hydrogen-bond acceptors (Lipinski definition) is 1. The molecule has 0 aliphatic rings. The van der Waals surface area contributed by atoms with Crippen LogP contribution in [0.5, 0.6) is 0 Å². The number of aromatic nitrogens is 1. The average Bonchev–Trinajstić information content (AvgIpc) is 2.47. The second-order valence-corrected chi connectivity index (χ2v) is 4.70. The highest BCUT2D eigenvalue weighted by molar-refractivity contribution is 6.17. The zero-order valence-corrected chi connectivity index (χ0v) is 10.9. The molecular weight excluding hydrogens is 258 g/mol. The number of pyridine rings is 1. The largest absolute Gasteiger partial charge is 0.321 e. The number of rotatable bonds is 2. The summed E-state index contributed by atoms with van der Waals surface area (Å²) in [5.41, 5.74) is 3.35. The van der Waals surface area contributed by atoms with E-state index in [9.17, 15) is 4.79 Å². The molecular formula is C16H12ClNO. The molecule has 0 aliphatic carbocycles. The van der Waals surface area contributed by atoms with Gasteiger partial charge in [0.1, 0.15) is 0 Å². The normalized spacial score (nSPS) is 10.8. The predicted molar refractivity (Wildman–Crippen MR) is 79.6 cm³/mol. The molecule has 2 nitrogen and oxygen atoms in total. The van der Waals surface area contributed by atoms with E-state index in [2.05, 4.69) is 4.98 Å². The van der Waals surface area contributed by atoms with E-state index in [1.807, 2.05) is 54.6 Å². The summed E-state index contributed by atoms with van der Waals surface area (Å²) in [5.74, 6) is 0.443. The molecule has 0 radical (unpaired) electrons. The minimum absolute atomic E-state index is 0.0783. The van der Waals surface area contributed by atoms with E-state index in [4.69, 9.17) is 11.6 Å². The van der Waals surface area contributed by atoms with Crippen LogP contribution in [0.25, 0.3) is 22.0 Å². The number of H-pyrrole nitrogens is 1. The number of hydrogen-bond donors (Lipinski definition) is 1. The first-order chi connectivity index (χ1) is 9.28. The van der Waals surface area contributed by atoms with E-state index in [0.29, 0.717) is 11.4 Å². The van der Waals surface area contributed by atoms with Crippen molar-refractivity contribution in [1.82, 2.24) is 4.98 Å². The van der Waals surface area contributed by atoms with Gasteiger partial charge in [0.25, 0.3) is 5.56 Å². The van der Waals surface area contributed by atoms with E-state index >= 15 is 0 Å². The van der Waals surface area contributed by atoms with Gasteiger partial charge in [-0.1, -0.05) is 42.5 Å². The van der Waals surface area contributed by atoms with Crippen LogP contribution in [0.2, 0.25) is 0 Å². The summed E-state index contributed by atoms with van der Waals surface area (Å²) in [6.07, 6.45) is 0. The van der Waals surface area contributed by atoms with Crippen LogP contribution in [0.1, 0.15) is 5.56 Å². The number of nitrogens with one attached hydrogen (secondary N) is 1. The lowest BCUT2D eigenvalue weighted by atomic mass is 10.0. The number of aromatic amines is 1. The van der Waals surface area contributed by atoms with E-state index < -0.39 is 0 Å². The topological polar surface area (TPSA) is 32.9 Å². The van der Waals surface area contributed by atoms with Crippen LogP contribution in [0.3, 0.4) is 0 Å². The van der Waals surface area contributed by atoms with Gasteiger partial charge in [0, 0.05) is 17.0 Å². The highest BCUT2D eigenvalue weighted by Crippen LogP contribution is 2.20. The molecule has 0 aliphatic heterocycles. The maximum Gasteiger partial charge on any atom is 0.256 e. The Hall–Kier alpha value is -2.06. The first-order valence-electron chi connectivity index (χ1n) is 6.05. The minimum atomic E-state index is -0.0783. The van der Waals surface area contributed by atoms with Crippen LogP contribution < -0.4 is 5.56 Å². The quantitative estimate of drug-likeness (QED) is 0.703. The Morgan fingerprint density at radius 1 is 1.00 bits per heavy atom. The van der Waals surface area contributed by atoms with Crippen molar-refractivity contribution < 1.29 is 0 Å². The molecule has 0 amide bonds. The predicted octanol–water partition coefficient (Wildman–Crippen LogP) is 3.93. The Kier molecular flexibility index (Phi) is 3.10. The molecule has 0 saturated carbocycles. The zero-order chi connectivity index (χ0) is 13.2. The average molecular weight is 270 g/mol. The fourth-order valence-electron chi connectivity index (χ4n) is 2.16. The lowest BCUT2D eigenvalue weighted by Gasteiger charge is -2.04. The van der Waals surface area contributed by atoms with Crippen molar-refractivity contribution >= 4 is 22.5 Å². The first-order valence-corrected chi connectivity index (χ1v) is 6.59. The Balaban J connectivity index is 2.23. The van der Waals surface area contributed by atoms with E-state index in [0.717, 1.165) is 22.0 Å². The second-order valence-electron chi connectivity index (χ2n) is 4.43. The molecule has 19 heavy (non-hydrogen) atoms. The fraction of sp³-hybridized carbons (Fsp3) is 0.0625. The lowest BCUT2D eigenvalue weighted by Crippen LogP contribution is -2.08. The van der Waals surface area contributed by atoms with Gasteiger partial charge >= 0.3 is 0 Å². The second kappa shape index (κ2) is 4.90. The maximum absolute atomic E-state index is 12.1. The SMILES string of the molecule is O=c1[nH]c2cc(CCl)ccc2cc1-c1ccccc1. The Morgan fingerprint density at radius 2 is 1.79 bits per heavy atom. The minimum Gasteiger partial charge on any atom is -0.321 e. The maximum atomic E-state index is 12.1. The van der Waals surface area contributed by atoms with Crippen LogP contribution in [0, 0.1) is 0 Å². The molecule has 0 bridgehead atoms. The summed E-state index contributed by atoms with van der Waals surface area (Å²) >= 11 is 5.80. The first kappa shape index (κ1) is 12.0. The highest BCUT2D eigenvalue weighted by atomic mass is 35.5. The smallest absolute Gasteiger partial charge is 0.256 e. The van der Waals surface area contributed by atoms with Gasteiger partial charge in [0.05, 0.1) is 0 Å². The van der Waals surface area contributed by atoms with Crippen molar-refractivity contribution in [2.75, 3.05) is 0 Å². The van der Waals surface area contributed by atoms with Crippen molar-refractivity contribution in [2.24, 2.45) is 0 Å². The summed E-state index contributed by atoms with van der Waals surface area (Å²) in [7, 11) is 0. The van der Waals surface area contributed by atoms with Gasteiger partial charge in [-0.15, -0.1) is 11.6 Å². The van der Waals surface area contributed by atoms with Gasteiger partial charge in [-0.2, -0.15) is 0 Å². The molecule has 3 aromatic rings. The molecule has 1 N–H and O–H groups in total. The van der Waals surface area contributed by atoms with Crippen molar-refractivity contribution in [2.45, 2.75) is 5.88 Å².